The van der Waals surface area contributed by atoms with Crippen molar-refractivity contribution in [2.75, 3.05) is 7.11 Å². The van der Waals surface area contributed by atoms with E-state index >= 15 is 0 Å². The Morgan fingerprint density at radius 1 is 1.00 bits per heavy atom. The van der Waals surface area contributed by atoms with Gasteiger partial charge in [-0.1, -0.05) is 11.6 Å². The van der Waals surface area contributed by atoms with E-state index < -0.39 is 0 Å². The normalized spacial score (nSPS) is 13.5. The summed E-state index contributed by atoms with van der Waals surface area (Å²) in [6, 6.07) is 9.31. The molecule has 3 aromatic heterocycles. The number of hydrogen-bond donors (Lipinski definition) is 0. The fourth-order valence-corrected chi connectivity index (χ4v) is 3.00. The van der Waals surface area contributed by atoms with Crippen LogP contribution in [0.1, 0.15) is 24.5 Å². The second-order valence-corrected chi connectivity index (χ2v) is 6.24. The molecule has 0 aliphatic heterocycles. The van der Waals surface area contributed by atoms with Crippen LogP contribution in [-0.4, -0.2) is 22.1 Å². The molecule has 0 unspecified atom stereocenters. The smallest absolute Gasteiger partial charge is 0.227 e. The molecule has 1 saturated carbocycles. The summed E-state index contributed by atoms with van der Waals surface area (Å²) in [5.74, 6) is 2.01. The first kappa shape index (κ1) is 15.8. The predicted octanol–water partition coefficient (Wildman–Crippen LogP) is 4.87. The van der Waals surface area contributed by atoms with Crippen LogP contribution in [0.5, 0.6) is 17.5 Å². The number of aromatic nitrogens is 3. The largest absolute Gasteiger partial charge is 0.481 e. The first-order valence-corrected chi connectivity index (χ1v) is 8.41. The van der Waals surface area contributed by atoms with Crippen molar-refractivity contribution in [1.29, 1.82) is 0 Å². The number of methoxy groups -OCH3 is 1. The molecule has 1 aliphatic rings. The minimum atomic E-state index is 0.450. The third-order valence-electron chi connectivity index (χ3n) is 4.05. The third-order valence-corrected chi connectivity index (χ3v) is 4.35. The summed E-state index contributed by atoms with van der Waals surface area (Å²) in [4.78, 5) is 13.0. The zero-order chi connectivity index (χ0) is 17.2. The monoisotopic (exact) mass is 353 g/mol. The summed E-state index contributed by atoms with van der Waals surface area (Å²) < 4.78 is 11.3. The molecule has 5 nitrogen and oxygen atoms in total. The fourth-order valence-electron chi connectivity index (χ4n) is 2.69. The number of ether oxygens (including phenoxy) is 2. The van der Waals surface area contributed by atoms with E-state index in [0.29, 0.717) is 28.5 Å². The van der Waals surface area contributed by atoms with Gasteiger partial charge in [-0.3, -0.25) is 4.98 Å². The van der Waals surface area contributed by atoms with Crippen LogP contribution in [-0.2, 0) is 0 Å². The molecule has 4 rings (SSSR count). The summed E-state index contributed by atoms with van der Waals surface area (Å²) in [6.07, 6.45) is 7.35. The van der Waals surface area contributed by atoms with Gasteiger partial charge >= 0.3 is 0 Å². The van der Waals surface area contributed by atoms with Crippen molar-refractivity contribution in [3.05, 3.63) is 59.6 Å². The Bertz CT molecular complexity index is 913. The molecule has 0 spiro atoms. The van der Waals surface area contributed by atoms with Gasteiger partial charge in [-0.25, -0.2) is 9.97 Å². The lowest BCUT2D eigenvalue weighted by molar-refractivity contribution is 0.399. The maximum atomic E-state index is 6.34. The molecule has 1 fully saturated rings. The number of pyridine rings is 3. The Labute approximate surface area is 150 Å². The van der Waals surface area contributed by atoms with Crippen LogP contribution in [0.2, 0.25) is 5.02 Å². The van der Waals surface area contributed by atoms with E-state index in [1.807, 2.05) is 24.3 Å². The van der Waals surface area contributed by atoms with Crippen LogP contribution in [0.15, 0.2) is 48.9 Å². The highest BCUT2D eigenvalue weighted by atomic mass is 35.5. The second kappa shape index (κ2) is 6.69. The minimum absolute atomic E-state index is 0.450. The molecular formula is C19H16ClN3O2. The van der Waals surface area contributed by atoms with Gasteiger partial charge in [0.15, 0.2) is 0 Å². The van der Waals surface area contributed by atoms with E-state index in [9.17, 15) is 0 Å². The highest BCUT2D eigenvalue weighted by molar-refractivity contribution is 6.31. The molecule has 0 saturated heterocycles. The van der Waals surface area contributed by atoms with Gasteiger partial charge in [-0.15, -0.1) is 0 Å². The van der Waals surface area contributed by atoms with Gasteiger partial charge in [0.2, 0.25) is 11.8 Å². The molecule has 3 heterocycles. The van der Waals surface area contributed by atoms with Crippen LogP contribution in [0.25, 0.3) is 11.1 Å². The van der Waals surface area contributed by atoms with Crippen molar-refractivity contribution < 1.29 is 9.47 Å². The van der Waals surface area contributed by atoms with Crippen molar-refractivity contribution >= 4 is 11.6 Å². The van der Waals surface area contributed by atoms with Gasteiger partial charge in [0.05, 0.1) is 24.0 Å². The van der Waals surface area contributed by atoms with Crippen LogP contribution in [0, 0.1) is 0 Å². The molecule has 0 aromatic carbocycles. The fraction of sp³-hybridized carbons (Fsp3) is 0.211. The highest BCUT2D eigenvalue weighted by Crippen LogP contribution is 2.43. The number of rotatable bonds is 5. The van der Waals surface area contributed by atoms with Gasteiger partial charge in [0.25, 0.3) is 0 Å². The average molecular weight is 354 g/mol. The van der Waals surface area contributed by atoms with Gasteiger partial charge in [-0.2, -0.15) is 0 Å². The molecular weight excluding hydrogens is 338 g/mol. The number of hydrogen-bond acceptors (Lipinski definition) is 5. The molecule has 0 atom stereocenters. The lowest BCUT2D eigenvalue weighted by Gasteiger charge is -2.12. The van der Waals surface area contributed by atoms with E-state index in [0.717, 1.165) is 29.7 Å². The summed E-state index contributed by atoms with van der Waals surface area (Å²) >= 11 is 6.34. The minimum Gasteiger partial charge on any atom is -0.481 e. The number of halogens is 1. The molecule has 1 aliphatic carbocycles. The van der Waals surface area contributed by atoms with Crippen LogP contribution >= 0.6 is 11.6 Å². The zero-order valence-electron chi connectivity index (χ0n) is 13.6. The first-order chi connectivity index (χ1) is 12.3. The SMILES string of the molecule is COc1ncccc1-c1cccnc1Oc1cnc(C2CC2)c(Cl)c1. The Morgan fingerprint density at radius 2 is 1.68 bits per heavy atom. The molecule has 0 N–H and O–H groups in total. The van der Waals surface area contributed by atoms with Gasteiger partial charge in [0.1, 0.15) is 5.75 Å². The van der Waals surface area contributed by atoms with Gasteiger partial charge in [-0.05, 0) is 37.1 Å². The quantitative estimate of drug-likeness (QED) is 0.655. The average Bonchev–Trinajstić information content (AvgIpc) is 3.47. The van der Waals surface area contributed by atoms with E-state index in [1.165, 1.54) is 0 Å². The number of nitrogens with zero attached hydrogens (tertiary/aromatic N) is 3. The van der Waals surface area contributed by atoms with E-state index in [-0.39, 0.29) is 0 Å². The van der Waals surface area contributed by atoms with Crippen molar-refractivity contribution in [3.63, 3.8) is 0 Å². The summed E-state index contributed by atoms with van der Waals surface area (Å²) in [6.45, 7) is 0. The highest BCUT2D eigenvalue weighted by Gasteiger charge is 2.27. The maximum absolute atomic E-state index is 6.34. The van der Waals surface area contributed by atoms with E-state index in [2.05, 4.69) is 15.0 Å². The molecule has 25 heavy (non-hydrogen) atoms. The van der Waals surface area contributed by atoms with Crippen molar-refractivity contribution in [3.8, 4) is 28.6 Å². The van der Waals surface area contributed by atoms with Crippen molar-refractivity contribution in [2.24, 2.45) is 0 Å². The zero-order valence-corrected chi connectivity index (χ0v) is 14.4. The topological polar surface area (TPSA) is 57.1 Å². The predicted molar refractivity (Wildman–Crippen MR) is 95.3 cm³/mol. The summed E-state index contributed by atoms with van der Waals surface area (Å²) in [5, 5.41) is 0.636. The van der Waals surface area contributed by atoms with E-state index in [1.54, 1.807) is 31.8 Å². The molecule has 3 aromatic rings. The molecule has 0 radical (unpaired) electrons. The molecule has 6 heteroatoms. The summed E-state index contributed by atoms with van der Waals surface area (Å²) in [7, 11) is 1.59. The molecule has 0 amide bonds. The Balaban J connectivity index is 1.69. The van der Waals surface area contributed by atoms with Gasteiger partial charge < -0.3 is 9.47 Å². The Morgan fingerprint density at radius 3 is 2.32 bits per heavy atom. The van der Waals surface area contributed by atoms with Crippen LogP contribution in [0.4, 0.5) is 0 Å². The van der Waals surface area contributed by atoms with E-state index in [4.69, 9.17) is 21.1 Å². The standard InChI is InChI=1S/C19H16ClN3O2/c1-24-18-14(4-2-8-21-18)15-5-3-9-22-19(15)25-13-10-16(20)17(23-11-13)12-6-7-12/h2-5,8-12H,6-7H2,1H3. The Kier molecular flexibility index (Phi) is 4.24. The Hall–Kier alpha value is -2.66. The lowest BCUT2D eigenvalue weighted by atomic mass is 10.1. The van der Waals surface area contributed by atoms with Crippen LogP contribution < -0.4 is 9.47 Å². The third kappa shape index (κ3) is 3.28. The maximum Gasteiger partial charge on any atom is 0.227 e. The molecule has 126 valence electrons. The first-order valence-electron chi connectivity index (χ1n) is 8.04. The second-order valence-electron chi connectivity index (χ2n) is 5.83. The van der Waals surface area contributed by atoms with Gasteiger partial charge in [0, 0.05) is 35.5 Å². The lowest BCUT2D eigenvalue weighted by Crippen LogP contribution is -1.96. The summed E-state index contributed by atoms with van der Waals surface area (Å²) in [5.41, 5.74) is 2.54. The van der Waals surface area contributed by atoms with Crippen molar-refractivity contribution in [1.82, 2.24) is 15.0 Å². The molecule has 0 bridgehead atoms. The van der Waals surface area contributed by atoms with Crippen molar-refractivity contribution in [2.45, 2.75) is 18.8 Å². The van der Waals surface area contributed by atoms with Crippen LogP contribution in [0.3, 0.4) is 0 Å².